The van der Waals surface area contributed by atoms with E-state index >= 15 is 0 Å². The molecule has 0 unspecified atom stereocenters. The molecule has 2 N–H and O–H groups in total. The minimum absolute atomic E-state index is 0.0268. The van der Waals surface area contributed by atoms with Gasteiger partial charge in [0.15, 0.2) is 0 Å². The Labute approximate surface area is 128 Å². The van der Waals surface area contributed by atoms with Crippen molar-refractivity contribution in [3.05, 3.63) is 30.4 Å². The summed E-state index contributed by atoms with van der Waals surface area (Å²) in [4.78, 5) is 16.7. The maximum atomic E-state index is 12.3. The molecule has 1 saturated heterocycles. The SMILES string of the molecule is Cn1cc(NS(=O)(=O)c2c[nH]c(C(=O)N3CCCC3)c2)cn1. The van der Waals surface area contributed by atoms with Crippen molar-refractivity contribution in [2.75, 3.05) is 17.8 Å². The highest BCUT2D eigenvalue weighted by Gasteiger charge is 2.23. The van der Waals surface area contributed by atoms with E-state index in [0.717, 1.165) is 12.8 Å². The highest BCUT2D eigenvalue weighted by Crippen LogP contribution is 2.18. The number of H-pyrrole nitrogens is 1. The molecule has 3 rings (SSSR count). The van der Waals surface area contributed by atoms with Crippen molar-refractivity contribution in [1.82, 2.24) is 19.7 Å². The fourth-order valence-corrected chi connectivity index (χ4v) is 3.45. The van der Waals surface area contributed by atoms with Crippen LogP contribution in [0.1, 0.15) is 23.3 Å². The number of hydrogen-bond acceptors (Lipinski definition) is 4. The van der Waals surface area contributed by atoms with Crippen LogP contribution < -0.4 is 4.72 Å². The number of aromatic nitrogens is 3. The fourth-order valence-electron chi connectivity index (χ4n) is 2.43. The smallest absolute Gasteiger partial charge is 0.270 e. The van der Waals surface area contributed by atoms with E-state index in [2.05, 4.69) is 14.8 Å². The molecule has 0 spiro atoms. The Balaban J connectivity index is 1.78. The Bertz CT molecular complexity index is 786. The van der Waals surface area contributed by atoms with Gasteiger partial charge in [-0.05, 0) is 18.9 Å². The number of sulfonamides is 1. The van der Waals surface area contributed by atoms with Crippen molar-refractivity contribution < 1.29 is 13.2 Å². The van der Waals surface area contributed by atoms with Gasteiger partial charge in [0.2, 0.25) is 0 Å². The number of nitrogens with one attached hydrogen (secondary N) is 2. The van der Waals surface area contributed by atoms with Gasteiger partial charge in [0, 0.05) is 32.5 Å². The maximum absolute atomic E-state index is 12.3. The molecule has 2 aromatic heterocycles. The molecule has 1 fully saturated rings. The average molecular weight is 323 g/mol. The van der Waals surface area contributed by atoms with Crippen molar-refractivity contribution in [3.63, 3.8) is 0 Å². The third-order valence-corrected chi connectivity index (χ3v) is 4.91. The second-order valence-corrected chi connectivity index (χ2v) is 6.94. The summed E-state index contributed by atoms with van der Waals surface area (Å²) >= 11 is 0. The van der Waals surface area contributed by atoms with Gasteiger partial charge in [-0.1, -0.05) is 0 Å². The number of hydrogen-bond donors (Lipinski definition) is 2. The lowest BCUT2D eigenvalue weighted by Gasteiger charge is -2.13. The molecule has 0 aromatic carbocycles. The van der Waals surface area contributed by atoms with Crippen LogP contribution in [0.5, 0.6) is 0 Å². The lowest BCUT2D eigenvalue weighted by atomic mass is 10.4. The van der Waals surface area contributed by atoms with Crippen LogP contribution in [0.15, 0.2) is 29.6 Å². The van der Waals surface area contributed by atoms with Crippen molar-refractivity contribution in [3.8, 4) is 0 Å². The monoisotopic (exact) mass is 323 g/mol. The molecule has 0 atom stereocenters. The predicted octanol–water partition coefficient (Wildman–Crippen LogP) is 0.785. The van der Waals surface area contributed by atoms with Gasteiger partial charge >= 0.3 is 0 Å². The first-order valence-electron chi connectivity index (χ1n) is 6.95. The van der Waals surface area contributed by atoms with E-state index in [9.17, 15) is 13.2 Å². The number of anilines is 1. The van der Waals surface area contributed by atoms with Crippen LogP contribution in [0.25, 0.3) is 0 Å². The predicted molar refractivity (Wildman–Crippen MR) is 79.9 cm³/mol. The molecule has 0 bridgehead atoms. The molecule has 0 radical (unpaired) electrons. The molecule has 1 amide bonds. The fraction of sp³-hybridized carbons (Fsp3) is 0.385. The van der Waals surface area contributed by atoms with Crippen LogP contribution in [0, 0.1) is 0 Å². The van der Waals surface area contributed by atoms with E-state index in [1.54, 1.807) is 18.1 Å². The second-order valence-electron chi connectivity index (χ2n) is 5.26. The molecule has 2 aromatic rings. The van der Waals surface area contributed by atoms with Crippen molar-refractivity contribution in [2.45, 2.75) is 17.7 Å². The van der Waals surface area contributed by atoms with Crippen molar-refractivity contribution in [2.24, 2.45) is 7.05 Å². The summed E-state index contributed by atoms with van der Waals surface area (Å²) in [6, 6.07) is 1.36. The van der Waals surface area contributed by atoms with Crippen LogP contribution in [0.3, 0.4) is 0 Å². The van der Waals surface area contributed by atoms with Crippen molar-refractivity contribution in [1.29, 1.82) is 0 Å². The van der Waals surface area contributed by atoms with E-state index in [1.807, 2.05) is 0 Å². The molecular formula is C13H17N5O3S. The minimum atomic E-state index is -3.74. The van der Waals surface area contributed by atoms with Gasteiger partial charge in [-0.2, -0.15) is 5.10 Å². The number of carbonyl (C=O) groups excluding carboxylic acids is 1. The van der Waals surface area contributed by atoms with Gasteiger partial charge in [-0.25, -0.2) is 8.42 Å². The third kappa shape index (κ3) is 2.84. The van der Waals surface area contributed by atoms with E-state index in [-0.39, 0.29) is 16.5 Å². The molecule has 0 aliphatic carbocycles. The Morgan fingerprint density at radius 3 is 2.73 bits per heavy atom. The quantitative estimate of drug-likeness (QED) is 0.868. The number of likely N-dealkylation sites (tertiary alicyclic amines) is 1. The Morgan fingerprint density at radius 2 is 2.09 bits per heavy atom. The summed E-state index contributed by atoms with van der Waals surface area (Å²) in [5.41, 5.74) is 0.657. The lowest BCUT2D eigenvalue weighted by Crippen LogP contribution is -2.27. The zero-order valence-corrected chi connectivity index (χ0v) is 12.9. The van der Waals surface area contributed by atoms with Crippen molar-refractivity contribution >= 4 is 21.6 Å². The van der Waals surface area contributed by atoms with Gasteiger partial charge in [0.25, 0.3) is 15.9 Å². The molecule has 8 nitrogen and oxygen atoms in total. The number of amides is 1. The zero-order chi connectivity index (χ0) is 15.7. The number of aromatic amines is 1. The first-order chi connectivity index (χ1) is 10.5. The molecule has 3 heterocycles. The van der Waals surface area contributed by atoms with Crippen LogP contribution in [0.4, 0.5) is 5.69 Å². The Hall–Kier alpha value is -2.29. The Morgan fingerprint density at radius 1 is 1.36 bits per heavy atom. The molecule has 1 aliphatic rings. The van der Waals surface area contributed by atoms with Crippen LogP contribution in [0.2, 0.25) is 0 Å². The topological polar surface area (TPSA) is 100 Å². The zero-order valence-electron chi connectivity index (χ0n) is 12.1. The van der Waals surface area contributed by atoms with E-state index in [4.69, 9.17) is 0 Å². The summed E-state index contributed by atoms with van der Waals surface area (Å²) in [6.07, 6.45) is 6.27. The summed E-state index contributed by atoms with van der Waals surface area (Å²) in [6.45, 7) is 1.43. The minimum Gasteiger partial charge on any atom is -0.356 e. The van der Waals surface area contributed by atoms with E-state index in [0.29, 0.717) is 18.8 Å². The first kappa shape index (κ1) is 14.6. The number of nitrogens with zero attached hydrogens (tertiary/aromatic N) is 3. The summed E-state index contributed by atoms with van der Waals surface area (Å²) in [7, 11) is -2.05. The summed E-state index contributed by atoms with van der Waals surface area (Å²) < 4.78 is 28.5. The average Bonchev–Trinajstić information content (AvgIpc) is 3.19. The molecule has 22 heavy (non-hydrogen) atoms. The molecule has 1 aliphatic heterocycles. The molecule has 0 saturated carbocycles. The standard InChI is InChI=1S/C13H17N5O3S/c1-17-9-10(7-15-17)16-22(20,21)11-6-12(14-8-11)13(19)18-4-2-3-5-18/h6-9,14,16H,2-5H2,1H3. The van der Waals surface area contributed by atoms with Gasteiger partial charge in [0.05, 0.1) is 11.9 Å². The normalized spacial score (nSPS) is 15.2. The lowest BCUT2D eigenvalue weighted by molar-refractivity contribution is 0.0787. The van der Waals surface area contributed by atoms with Gasteiger partial charge in [0.1, 0.15) is 10.6 Å². The summed E-state index contributed by atoms with van der Waals surface area (Å²) in [5.74, 6) is -0.166. The molecule has 9 heteroatoms. The number of carbonyl (C=O) groups is 1. The summed E-state index contributed by atoms with van der Waals surface area (Å²) in [5, 5.41) is 3.90. The third-order valence-electron chi connectivity index (χ3n) is 3.55. The largest absolute Gasteiger partial charge is 0.356 e. The highest BCUT2D eigenvalue weighted by atomic mass is 32.2. The van der Waals surface area contributed by atoms with Gasteiger partial charge < -0.3 is 9.88 Å². The highest BCUT2D eigenvalue weighted by molar-refractivity contribution is 7.92. The van der Waals surface area contributed by atoms with E-state index in [1.165, 1.54) is 23.1 Å². The number of aryl methyl sites for hydroxylation is 1. The number of rotatable bonds is 4. The first-order valence-corrected chi connectivity index (χ1v) is 8.43. The van der Waals surface area contributed by atoms with Crippen LogP contribution >= 0.6 is 0 Å². The molecule has 118 valence electrons. The van der Waals surface area contributed by atoms with E-state index < -0.39 is 10.0 Å². The second kappa shape index (κ2) is 5.48. The molecular weight excluding hydrogens is 306 g/mol. The maximum Gasteiger partial charge on any atom is 0.270 e. The van der Waals surface area contributed by atoms with Gasteiger partial charge in [-0.3, -0.25) is 14.2 Å². The van der Waals surface area contributed by atoms with Crippen LogP contribution in [-0.2, 0) is 17.1 Å². The van der Waals surface area contributed by atoms with Gasteiger partial charge in [-0.15, -0.1) is 0 Å². The Kier molecular flexibility index (Phi) is 3.65. The van der Waals surface area contributed by atoms with Crippen LogP contribution in [-0.4, -0.2) is 47.1 Å².